The second-order valence-electron chi connectivity index (χ2n) is 8.22. The first kappa shape index (κ1) is 21.4. The van der Waals surface area contributed by atoms with Crippen molar-refractivity contribution in [1.29, 1.82) is 0 Å². The molecule has 2 atom stereocenters. The van der Waals surface area contributed by atoms with Gasteiger partial charge in [0.05, 0.1) is 6.61 Å². The summed E-state index contributed by atoms with van der Waals surface area (Å²) in [5.41, 5.74) is 5.94. The fourth-order valence-corrected chi connectivity index (χ4v) is 4.14. The first-order valence-corrected chi connectivity index (χ1v) is 10.3. The summed E-state index contributed by atoms with van der Waals surface area (Å²) in [6, 6.07) is 0. The lowest BCUT2D eigenvalue weighted by atomic mass is 9.81. The summed E-state index contributed by atoms with van der Waals surface area (Å²) in [5.74, 6) is -2.42. The van der Waals surface area contributed by atoms with Crippen LogP contribution in [-0.4, -0.2) is 40.3 Å². The van der Waals surface area contributed by atoms with Crippen molar-refractivity contribution in [3.05, 3.63) is 107 Å². The van der Waals surface area contributed by atoms with E-state index >= 15 is 0 Å². The number of hydrogen-bond acceptors (Lipinski definition) is 5. The molecular weight excluding hydrogens is 392 g/mol. The molecule has 5 heteroatoms. The molecule has 0 fully saturated rings. The van der Waals surface area contributed by atoms with Crippen molar-refractivity contribution in [2.45, 2.75) is 18.8 Å². The van der Waals surface area contributed by atoms with E-state index in [1.807, 2.05) is 48.6 Å². The van der Waals surface area contributed by atoms with E-state index in [-0.39, 0.29) is 24.2 Å². The van der Waals surface area contributed by atoms with Gasteiger partial charge in [0, 0.05) is 23.8 Å². The maximum Gasteiger partial charge on any atom is 0.300 e. The molecule has 0 heterocycles. The fourth-order valence-electron chi connectivity index (χ4n) is 4.14. The Hall–Kier alpha value is -2.83. The molecule has 0 saturated carbocycles. The first-order valence-electron chi connectivity index (χ1n) is 10.3. The Morgan fingerprint density at radius 1 is 1.00 bits per heavy atom. The van der Waals surface area contributed by atoms with Gasteiger partial charge in [-0.1, -0.05) is 66.8 Å². The largest absolute Gasteiger partial charge is 0.368 e. The molecule has 0 spiro atoms. The lowest BCUT2D eigenvalue weighted by Gasteiger charge is -2.22. The van der Waals surface area contributed by atoms with E-state index in [0.717, 1.165) is 27.9 Å². The SMILES string of the molecule is C=C1C=C(C(=O)CCC2=CC3C=C(COCC(O)(O)O)C=CC3=C2)C=C2C=CC=CC12. The molecular formula is C26H26O5. The van der Waals surface area contributed by atoms with Crippen LogP contribution >= 0.6 is 0 Å². The predicted octanol–water partition coefficient (Wildman–Crippen LogP) is 3.13. The molecule has 0 aromatic carbocycles. The van der Waals surface area contributed by atoms with Gasteiger partial charge in [-0.05, 0) is 40.9 Å². The Labute approximate surface area is 181 Å². The van der Waals surface area contributed by atoms with E-state index in [2.05, 4.69) is 24.8 Å². The van der Waals surface area contributed by atoms with Crippen molar-refractivity contribution in [3.8, 4) is 0 Å². The highest BCUT2D eigenvalue weighted by Gasteiger charge is 2.23. The van der Waals surface area contributed by atoms with Crippen LogP contribution in [0.5, 0.6) is 0 Å². The number of ketones is 1. The Bertz CT molecular complexity index is 1030. The van der Waals surface area contributed by atoms with Crippen molar-refractivity contribution in [3.63, 3.8) is 0 Å². The number of rotatable bonds is 8. The molecule has 3 N–H and O–H groups in total. The average Bonchev–Trinajstić information content (AvgIpc) is 3.13. The van der Waals surface area contributed by atoms with Crippen molar-refractivity contribution >= 4 is 5.78 Å². The minimum absolute atomic E-state index is 0.116. The smallest absolute Gasteiger partial charge is 0.300 e. The summed E-state index contributed by atoms with van der Waals surface area (Å²) >= 11 is 0. The summed E-state index contributed by atoms with van der Waals surface area (Å²) in [6.07, 6.45) is 23.3. The normalized spacial score (nSPS) is 24.1. The molecule has 31 heavy (non-hydrogen) atoms. The monoisotopic (exact) mass is 418 g/mol. The highest BCUT2D eigenvalue weighted by molar-refractivity contribution is 5.99. The number of hydrogen-bond donors (Lipinski definition) is 3. The number of ether oxygens (including phenoxy) is 1. The molecule has 0 radical (unpaired) electrons. The van der Waals surface area contributed by atoms with E-state index in [4.69, 9.17) is 20.1 Å². The number of carbonyl (C=O) groups excluding carboxylic acids is 1. The predicted molar refractivity (Wildman–Crippen MR) is 118 cm³/mol. The number of Topliss-reactive ketones (excluding diaryl/α,β-unsaturated/α-hetero) is 1. The molecule has 4 aliphatic carbocycles. The number of carbonyl (C=O) groups is 1. The van der Waals surface area contributed by atoms with E-state index in [0.29, 0.717) is 18.4 Å². The van der Waals surface area contributed by atoms with Crippen molar-refractivity contribution < 1.29 is 24.9 Å². The number of allylic oxidation sites excluding steroid dienone is 15. The summed E-state index contributed by atoms with van der Waals surface area (Å²) in [6.45, 7) is 3.70. The lowest BCUT2D eigenvalue weighted by molar-refractivity contribution is -0.330. The lowest BCUT2D eigenvalue weighted by Crippen LogP contribution is -2.33. The average molecular weight is 418 g/mol. The molecule has 4 aliphatic rings. The first-order chi connectivity index (χ1) is 14.8. The minimum Gasteiger partial charge on any atom is -0.368 e. The molecule has 0 saturated heterocycles. The third-order valence-electron chi connectivity index (χ3n) is 5.67. The maximum absolute atomic E-state index is 12.8. The Kier molecular flexibility index (Phi) is 6.03. The van der Waals surface area contributed by atoms with E-state index in [9.17, 15) is 4.79 Å². The molecule has 0 aromatic rings. The summed E-state index contributed by atoms with van der Waals surface area (Å²) in [7, 11) is 0. The molecule has 0 aromatic heterocycles. The third-order valence-corrected chi connectivity index (χ3v) is 5.67. The van der Waals surface area contributed by atoms with Crippen LogP contribution in [0, 0.1) is 11.8 Å². The van der Waals surface area contributed by atoms with Gasteiger partial charge in [0.1, 0.15) is 6.61 Å². The van der Waals surface area contributed by atoms with Crippen LogP contribution in [0.4, 0.5) is 0 Å². The summed E-state index contributed by atoms with van der Waals surface area (Å²) in [4.78, 5) is 12.8. The van der Waals surface area contributed by atoms with Crippen LogP contribution in [0.1, 0.15) is 12.8 Å². The van der Waals surface area contributed by atoms with Gasteiger partial charge in [-0.2, -0.15) is 0 Å². The van der Waals surface area contributed by atoms with Gasteiger partial charge in [-0.3, -0.25) is 4.79 Å². The topological polar surface area (TPSA) is 87.0 Å². The van der Waals surface area contributed by atoms with Crippen molar-refractivity contribution in [2.24, 2.45) is 11.8 Å². The van der Waals surface area contributed by atoms with Gasteiger partial charge < -0.3 is 20.1 Å². The quantitative estimate of drug-likeness (QED) is 0.527. The summed E-state index contributed by atoms with van der Waals surface area (Å²) < 4.78 is 5.12. The zero-order valence-corrected chi connectivity index (χ0v) is 17.2. The third kappa shape index (κ3) is 5.27. The van der Waals surface area contributed by atoms with Crippen LogP contribution in [0.15, 0.2) is 107 Å². The van der Waals surface area contributed by atoms with Crippen LogP contribution in [0.25, 0.3) is 0 Å². The zero-order chi connectivity index (χ0) is 22.0. The van der Waals surface area contributed by atoms with E-state index in [1.54, 1.807) is 0 Å². The molecule has 2 unspecified atom stereocenters. The molecule has 160 valence electrons. The van der Waals surface area contributed by atoms with E-state index in [1.165, 1.54) is 0 Å². The highest BCUT2D eigenvalue weighted by Crippen LogP contribution is 2.35. The van der Waals surface area contributed by atoms with Gasteiger partial charge in [0.15, 0.2) is 5.78 Å². The van der Waals surface area contributed by atoms with Gasteiger partial charge in [-0.15, -0.1) is 0 Å². The number of fused-ring (bicyclic) bond motifs is 2. The second kappa shape index (κ2) is 8.73. The van der Waals surface area contributed by atoms with Crippen molar-refractivity contribution in [1.82, 2.24) is 0 Å². The Morgan fingerprint density at radius 2 is 1.81 bits per heavy atom. The van der Waals surface area contributed by atoms with Crippen LogP contribution < -0.4 is 0 Å². The van der Waals surface area contributed by atoms with E-state index < -0.39 is 12.6 Å². The Balaban J connectivity index is 1.33. The van der Waals surface area contributed by atoms with Crippen LogP contribution in [0.3, 0.4) is 0 Å². The molecule has 0 aliphatic heterocycles. The van der Waals surface area contributed by atoms with Gasteiger partial charge in [0.25, 0.3) is 5.97 Å². The van der Waals surface area contributed by atoms with Gasteiger partial charge in [-0.25, -0.2) is 0 Å². The van der Waals surface area contributed by atoms with Crippen LogP contribution in [0.2, 0.25) is 0 Å². The molecule has 4 rings (SSSR count). The second-order valence-corrected chi connectivity index (χ2v) is 8.22. The van der Waals surface area contributed by atoms with Crippen molar-refractivity contribution in [2.75, 3.05) is 13.2 Å². The molecule has 5 nitrogen and oxygen atoms in total. The highest BCUT2D eigenvalue weighted by atomic mass is 16.7. The van der Waals surface area contributed by atoms with Gasteiger partial charge >= 0.3 is 0 Å². The minimum atomic E-state index is -2.82. The number of aliphatic hydroxyl groups is 3. The van der Waals surface area contributed by atoms with Crippen LogP contribution in [-0.2, 0) is 9.53 Å². The standard InChI is InChI=1S/C26H26O5/c1-17-10-23(14-21-4-2-3-5-24(17)21)25(27)9-7-18-11-20-8-6-19(13-22(20)12-18)15-31-16-26(28,29)30/h2-6,8,10-14,22,24,28-30H,1,7,9,15-16H2. The fraction of sp³-hybridized carbons (Fsp3) is 0.269. The summed E-state index contributed by atoms with van der Waals surface area (Å²) in [5, 5.41) is 26.7. The maximum atomic E-state index is 12.8. The zero-order valence-electron chi connectivity index (χ0n) is 17.2. The molecule has 0 amide bonds. The van der Waals surface area contributed by atoms with Gasteiger partial charge in [0.2, 0.25) is 0 Å². The Morgan fingerprint density at radius 3 is 2.61 bits per heavy atom. The molecule has 0 bridgehead atoms.